The average Bonchev–Trinajstić information content (AvgIpc) is 2.62. The number of nitrogens with zero attached hydrogens (tertiary/aromatic N) is 4. The number of aryl methyl sites for hydroxylation is 1. The molecule has 0 aliphatic carbocycles. The maximum Gasteiger partial charge on any atom is 0.128 e. The molecule has 1 fully saturated rings. The first-order chi connectivity index (χ1) is 11.3. The van der Waals surface area contributed by atoms with E-state index in [1.807, 2.05) is 18.5 Å². The van der Waals surface area contributed by atoms with E-state index in [1.54, 1.807) is 0 Å². The SMILES string of the molecule is Cc1cc2c(N3CCN(c4ccccn4)CC3)cccc2cn1. The summed E-state index contributed by atoms with van der Waals surface area (Å²) in [5.74, 6) is 1.07. The molecule has 23 heavy (non-hydrogen) atoms. The van der Waals surface area contributed by atoms with Gasteiger partial charge in [0, 0.05) is 60.7 Å². The van der Waals surface area contributed by atoms with Gasteiger partial charge in [0.1, 0.15) is 5.82 Å². The van der Waals surface area contributed by atoms with Gasteiger partial charge >= 0.3 is 0 Å². The Hall–Kier alpha value is -2.62. The molecule has 0 bridgehead atoms. The fourth-order valence-electron chi connectivity index (χ4n) is 3.25. The fraction of sp³-hybridized carbons (Fsp3) is 0.263. The Labute approximate surface area is 136 Å². The predicted molar refractivity (Wildman–Crippen MR) is 95.1 cm³/mol. The lowest BCUT2D eigenvalue weighted by atomic mass is 10.1. The molecule has 0 saturated carbocycles. The maximum absolute atomic E-state index is 4.46. The number of rotatable bonds is 2. The average molecular weight is 304 g/mol. The largest absolute Gasteiger partial charge is 0.367 e. The molecule has 0 radical (unpaired) electrons. The minimum atomic E-state index is 0.997. The van der Waals surface area contributed by atoms with E-state index in [2.05, 4.69) is 63.1 Å². The Morgan fingerprint density at radius 3 is 2.48 bits per heavy atom. The third-order valence-corrected chi connectivity index (χ3v) is 4.47. The van der Waals surface area contributed by atoms with Crippen molar-refractivity contribution in [2.24, 2.45) is 0 Å². The highest BCUT2D eigenvalue weighted by molar-refractivity contribution is 5.94. The van der Waals surface area contributed by atoms with Gasteiger partial charge in [-0.05, 0) is 31.2 Å². The van der Waals surface area contributed by atoms with Crippen molar-refractivity contribution in [1.82, 2.24) is 9.97 Å². The van der Waals surface area contributed by atoms with Crippen LogP contribution in [0.3, 0.4) is 0 Å². The van der Waals surface area contributed by atoms with Crippen LogP contribution in [0.25, 0.3) is 10.8 Å². The minimum Gasteiger partial charge on any atom is -0.367 e. The van der Waals surface area contributed by atoms with Crippen molar-refractivity contribution in [2.75, 3.05) is 36.0 Å². The van der Waals surface area contributed by atoms with E-state index < -0.39 is 0 Å². The molecule has 0 amide bonds. The van der Waals surface area contributed by atoms with Crippen molar-refractivity contribution in [1.29, 1.82) is 0 Å². The lowest BCUT2D eigenvalue weighted by molar-refractivity contribution is 0.649. The van der Waals surface area contributed by atoms with E-state index in [9.17, 15) is 0 Å². The molecule has 1 saturated heterocycles. The number of fused-ring (bicyclic) bond motifs is 1. The molecular weight excluding hydrogens is 284 g/mol. The van der Waals surface area contributed by atoms with E-state index in [0.717, 1.165) is 37.7 Å². The van der Waals surface area contributed by atoms with Crippen molar-refractivity contribution in [3.8, 4) is 0 Å². The topological polar surface area (TPSA) is 32.3 Å². The van der Waals surface area contributed by atoms with Crippen LogP contribution < -0.4 is 9.80 Å². The zero-order valence-electron chi connectivity index (χ0n) is 13.3. The molecule has 1 aliphatic heterocycles. The van der Waals surface area contributed by atoms with Crippen molar-refractivity contribution < 1.29 is 0 Å². The Bertz CT molecular complexity index is 808. The summed E-state index contributed by atoms with van der Waals surface area (Å²) < 4.78 is 0. The molecule has 0 N–H and O–H groups in total. The Morgan fingerprint density at radius 1 is 0.870 bits per heavy atom. The second kappa shape index (κ2) is 5.88. The number of pyridine rings is 2. The lowest BCUT2D eigenvalue weighted by Crippen LogP contribution is -2.46. The van der Waals surface area contributed by atoms with Crippen LogP contribution >= 0.6 is 0 Å². The fourth-order valence-corrected chi connectivity index (χ4v) is 3.25. The van der Waals surface area contributed by atoms with Crippen LogP contribution in [-0.2, 0) is 0 Å². The van der Waals surface area contributed by atoms with Crippen molar-refractivity contribution in [3.05, 3.63) is 60.6 Å². The van der Waals surface area contributed by atoms with Gasteiger partial charge in [-0.25, -0.2) is 4.98 Å². The summed E-state index contributed by atoms with van der Waals surface area (Å²) in [4.78, 5) is 13.7. The van der Waals surface area contributed by atoms with Gasteiger partial charge in [-0.1, -0.05) is 18.2 Å². The Balaban J connectivity index is 1.58. The van der Waals surface area contributed by atoms with Gasteiger partial charge in [0.15, 0.2) is 0 Å². The summed E-state index contributed by atoms with van der Waals surface area (Å²) in [5.41, 5.74) is 2.38. The van der Waals surface area contributed by atoms with Crippen LogP contribution in [-0.4, -0.2) is 36.1 Å². The zero-order valence-corrected chi connectivity index (χ0v) is 13.3. The first kappa shape index (κ1) is 14.0. The van der Waals surface area contributed by atoms with Crippen LogP contribution in [0.15, 0.2) is 54.9 Å². The van der Waals surface area contributed by atoms with Crippen LogP contribution in [0.1, 0.15) is 5.69 Å². The Morgan fingerprint density at radius 2 is 1.70 bits per heavy atom. The zero-order chi connectivity index (χ0) is 15.6. The molecule has 0 unspecified atom stereocenters. The monoisotopic (exact) mass is 304 g/mol. The van der Waals surface area contributed by atoms with Gasteiger partial charge in [0.2, 0.25) is 0 Å². The summed E-state index contributed by atoms with van der Waals surface area (Å²) in [7, 11) is 0. The molecule has 3 aromatic rings. The highest BCUT2D eigenvalue weighted by Gasteiger charge is 2.19. The van der Waals surface area contributed by atoms with Gasteiger partial charge in [-0.3, -0.25) is 4.98 Å². The lowest BCUT2D eigenvalue weighted by Gasteiger charge is -2.37. The predicted octanol–water partition coefficient (Wildman–Crippen LogP) is 3.26. The number of hydrogen-bond donors (Lipinski definition) is 0. The van der Waals surface area contributed by atoms with Gasteiger partial charge in [0.05, 0.1) is 0 Å². The molecule has 4 rings (SSSR count). The van der Waals surface area contributed by atoms with Crippen molar-refractivity contribution in [2.45, 2.75) is 6.92 Å². The third kappa shape index (κ3) is 2.72. The second-order valence-corrected chi connectivity index (χ2v) is 5.99. The summed E-state index contributed by atoms with van der Waals surface area (Å²) in [6, 6.07) is 14.8. The van der Waals surface area contributed by atoms with E-state index in [-0.39, 0.29) is 0 Å². The first-order valence-electron chi connectivity index (χ1n) is 8.07. The minimum absolute atomic E-state index is 0.997. The molecule has 4 heteroatoms. The smallest absolute Gasteiger partial charge is 0.128 e. The molecule has 4 nitrogen and oxygen atoms in total. The molecule has 0 spiro atoms. The highest BCUT2D eigenvalue weighted by atomic mass is 15.3. The maximum atomic E-state index is 4.46. The van der Waals surface area contributed by atoms with Gasteiger partial charge in [0.25, 0.3) is 0 Å². The number of benzene rings is 1. The molecule has 0 atom stereocenters. The van der Waals surface area contributed by atoms with Crippen LogP contribution in [0.2, 0.25) is 0 Å². The summed E-state index contributed by atoms with van der Waals surface area (Å²) in [6.07, 6.45) is 3.83. The van der Waals surface area contributed by atoms with Gasteiger partial charge in [-0.2, -0.15) is 0 Å². The number of anilines is 2. The molecule has 116 valence electrons. The summed E-state index contributed by atoms with van der Waals surface area (Å²) >= 11 is 0. The summed E-state index contributed by atoms with van der Waals surface area (Å²) in [5, 5.41) is 2.51. The molecule has 2 aromatic heterocycles. The quantitative estimate of drug-likeness (QED) is 0.727. The van der Waals surface area contributed by atoms with Crippen LogP contribution in [0.5, 0.6) is 0 Å². The summed E-state index contributed by atoms with van der Waals surface area (Å²) in [6.45, 7) is 6.07. The third-order valence-electron chi connectivity index (χ3n) is 4.47. The van der Waals surface area contributed by atoms with Crippen LogP contribution in [0, 0.1) is 6.92 Å². The number of piperazine rings is 1. The molecule has 1 aliphatic rings. The van der Waals surface area contributed by atoms with E-state index in [4.69, 9.17) is 0 Å². The van der Waals surface area contributed by atoms with E-state index >= 15 is 0 Å². The second-order valence-electron chi connectivity index (χ2n) is 5.99. The first-order valence-corrected chi connectivity index (χ1v) is 8.07. The highest BCUT2D eigenvalue weighted by Crippen LogP contribution is 2.28. The van der Waals surface area contributed by atoms with Crippen molar-refractivity contribution in [3.63, 3.8) is 0 Å². The normalized spacial score (nSPS) is 15.2. The number of aromatic nitrogens is 2. The van der Waals surface area contributed by atoms with Gasteiger partial charge in [-0.15, -0.1) is 0 Å². The Kier molecular flexibility index (Phi) is 3.58. The number of hydrogen-bond acceptors (Lipinski definition) is 4. The van der Waals surface area contributed by atoms with Crippen LogP contribution in [0.4, 0.5) is 11.5 Å². The van der Waals surface area contributed by atoms with E-state index in [0.29, 0.717) is 0 Å². The van der Waals surface area contributed by atoms with Gasteiger partial charge < -0.3 is 9.80 Å². The molecule has 1 aromatic carbocycles. The molecule has 3 heterocycles. The standard InChI is InChI=1S/C19H20N4/c1-15-13-17-16(14-21-15)5-4-6-18(17)22-9-11-23(12-10-22)19-7-2-3-8-20-19/h2-8,13-14H,9-12H2,1H3. The van der Waals surface area contributed by atoms with Crippen molar-refractivity contribution >= 4 is 22.3 Å². The molecular formula is C19H20N4. The van der Waals surface area contributed by atoms with E-state index in [1.165, 1.54) is 16.5 Å².